The molecule has 3 heterocycles. The average molecular weight is 407 g/mol. The molecule has 1 amide bonds. The lowest BCUT2D eigenvalue weighted by molar-refractivity contribution is -0.148. The Bertz CT molecular complexity index is 1090. The quantitative estimate of drug-likeness (QED) is 0.443. The molecule has 0 unspecified atom stereocenters. The zero-order valence-corrected chi connectivity index (χ0v) is 15.7. The lowest BCUT2D eigenvalue weighted by Crippen LogP contribution is -2.43. The Morgan fingerprint density at radius 1 is 0.967 bits per heavy atom. The lowest BCUT2D eigenvalue weighted by Gasteiger charge is -2.16. The molecule has 0 saturated heterocycles. The third-order valence-corrected chi connectivity index (χ3v) is 4.15. The molecule has 4 rings (SSSR count). The fraction of sp³-hybridized carbons (Fsp3) is 0.143. The summed E-state index contributed by atoms with van der Waals surface area (Å²) < 4.78 is 21.0. The molecule has 0 spiro atoms. The zero-order valence-electron chi connectivity index (χ0n) is 15.7. The number of benzene rings is 1. The Morgan fingerprint density at radius 3 is 2.50 bits per heavy atom. The van der Waals surface area contributed by atoms with Gasteiger partial charge >= 0.3 is 5.97 Å². The number of carbonyl (C=O) groups is 2. The molecule has 0 fully saturated rings. The predicted octanol–water partition coefficient (Wildman–Crippen LogP) is 3.01. The van der Waals surface area contributed by atoms with Gasteiger partial charge in [0.2, 0.25) is 0 Å². The first-order valence-corrected chi connectivity index (χ1v) is 9.10. The van der Waals surface area contributed by atoms with Crippen molar-refractivity contribution in [1.29, 1.82) is 0 Å². The number of carbonyl (C=O) groups excluding carboxylic acids is 2. The van der Waals surface area contributed by atoms with Crippen molar-refractivity contribution in [2.75, 3.05) is 0 Å². The maximum absolute atomic E-state index is 12.7. The highest BCUT2D eigenvalue weighted by Gasteiger charge is 2.25. The van der Waals surface area contributed by atoms with E-state index in [0.29, 0.717) is 5.76 Å². The number of rotatable bonds is 8. The second-order valence-corrected chi connectivity index (χ2v) is 6.28. The van der Waals surface area contributed by atoms with Gasteiger partial charge in [-0.15, -0.1) is 10.2 Å². The van der Waals surface area contributed by atoms with Gasteiger partial charge in [-0.05, 0) is 29.8 Å². The maximum atomic E-state index is 12.7. The second kappa shape index (κ2) is 8.91. The highest BCUT2D eigenvalue weighted by atomic mass is 16.5. The van der Waals surface area contributed by atoms with Crippen molar-refractivity contribution >= 4 is 11.9 Å². The Kier molecular flexibility index (Phi) is 5.70. The summed E-state index contributed by atoms with van der Waals surface area (Å²) in [6.45, 7) is -0.242. The van der Waals surface area contributed by atoms with Gasteiger partial charge in [0.25, 0.3) is 17.7 Å². The van der Waals surface area contributed by atoms with Gasteiger partial charge in [0.15, 0.2) is 18.1 Å². The number of hydrogen-bond donors (Lipinski definition) is 1. The van der Waals surface area contributed by atoms with Crippen LogP contribution in [0.4, 0.5) is 0 Å². The Labute approximate surface area is 170 Å². The minimum atomic E-state index is -0.933. The van der Waals surface area contributed by atoms with E-state index in [1.54, 1.807) is 18.2 Å². The van der Waals surface area contributed by atoms with E-state index in [-0.39, 0.29) is 30.6 Å². The maximum Gasteiger partial charge on any atom is 0.329 e. The largest absolute Gasteiger partial charge is 0.459 e. The molecule has 9 heteroatoms. The van der Waals surface area contributed by atoms with E-state index in [1.807, 2.05) is 30.3 Å². The van der Waals surface area contributed by atoms with Crippen LogP contribution in [0.3, 0.4) is 0 Å². The van der Waals surface area contributed by atoms with Crippen LogP contribution >= 0.6 is 0 Å². The Morgan fingerprint density at radius 2 is 1.77 bits per heavy atom. The van der Waals surface area contributed by atoms with E-state index in [0.717, 1.165) is 5.56 Å². The zero-order chi connectivity index (χ0) is 20.8. The van der Waals surface area contributed by atoms with Crippen LogP contribution in [0, 0.1) is 0 Å². The summed E-state index contributed by atoms with van der Waals surface area (Å²) in [5.74, 6) is -0.371. The fourth-order valence-electron chi connectivity index (χ4n) is 2.73. The summed E-state index contributed by atoms with van der Waals surface area (Å²) in [5, 5.41) is 10.3. The van der Waals surface area contributed by atoms with Crippen LogP contribution in [0.25, 0.3) is 11.7 Å². The number of hydrogen-bond acceptors (Lipinski definition) is 8. The fourth-order valence-corrected chi connectivity index (χ4v) is 2.73. The van der Waals surface area contributed by atoms with Gasteiger partial charge in [-0.1, -0.05) is 30.3 Å². The summed E-state index contributed by atoms with van der Waals surface area (Å²) in [6, 6.07) is 14.8. The summed E-state index contributed by atoms with van der Waals surface area (Å²) in [5.41, 5.74) is 0.858. The van der Waals surface area contributed by atoms with Gasteiger partial charge in [-0.25, -0.2) is 4.79 Å². The van der Waals surface area contributed by atoms with E-state index in [4.69, 9.17) is 18.0 Å². The van der Waals surface area contributed by atoms with Crippen LogP contribution in [-0.2, 0) is 22.6 Å². The molecular formula is C21H17N3O6. The summed E-state index contributed by atoms with van der Waals surface area (Å²) in [7, 11) is 0. The van der Waals surface area contributed by atoms with Crippen LogP contribution in [0.15, 0.2) is 80.4 Å². The molecule has 0 radical (unpaired) electrons. The molecule has 30 heavy (non-hydrogen) atoms. The molecule has 1 aromatic carbocycles. The molecule has 0 aliphatic heterocycles. The van der Waals surface area contributed by atoms with Crippen LogP contribution in [-0.4, -0.2) is 28.1 Å². The Hall–Kier alpha value is -4.14. The minimum Gasteiger partial charge on any atom is -0.459 e. The SMILES string of the molecule is O=C(N[C@@H](Cc1ccccc1)C(=O)OCc1nnc(-c2ccco2)o1)c1ccco1. The van der Waals surface area contributed by atoms with Crippen molar-refractivity contribution in [3.05, 3.63) is 84.3 Å². The van der Waals surface area contributed by atoms with Gasteiger partial charge in [0, 0.05) is 6.42 Å². The van der Waals surface area contributed by atoms with E-state index >= 15 is 0 Å². The van der Waals surface area contributed by atoms with Crippen molar-refractivity contribution < 1.29 is 27.6 Å². The van der Waals surface area contributed by atoms with Crippen molar-refractivity contribution in [2.45, 2.75) is 19.1 Å². The highest BCUT2D eigenvalue weighted by molar-refractivity contribution is 5.94. The molecule has 152 valence electrons. The molecule has 0 aliphatic rings. The molecule has 1 atom stereocenters. The van der Waals surface area contributed by atoms with Crippen LogP contribution in [0.5, 0.6) is 0 Å². The van der Waals surface area contributed by atoms with Crippen molar-refractivity contribution in [1.82, 2.24) is 15.5 Å². The van der Waals surface area contributed by atoms with Crippen LogP contribution < -0.4 is 5.32 Å². The van der Waals surface area contributed by atoms with Crippen molar-refractivity contribution in [2.24, 2.45) is 0 Å². The molecule has 4 aromatic rings. The molecule has 0 aliphatic carbocycles. The van der Waals surface area contributed by atoms with Crippen LogP contribution in [0.2, 0.25) is 0 Å². The number of furan rings is 2. The third kappa shape index (κ3) is 4.64. The monoisotopic (exact) mass is 407 g/mol. The van der Waals surface area contributed by atoms with E-state index < -0.39 is 17.9 Å². The number of amides is 1. The van der Waals surface area contributed by atoms with Gasteiger partial charge < -0.3 is 23.3 Å². The van der Waals surface area contributed by atoms with Gasteiger partial charge in [0.1, 0.15) is 6.04 Å². The van der Waals surface area contributed by atoms with E-state index in [2.05, 4.69) is 15.5 Å². The molecule has 1 N–H and O–H groups in total. The lowest BCUT2D eigenvalue weighted by atomic mass is 10.1. The first-order chi connectivity index (χ1) is 14.7. The van der Waals surface area contributed by atoms with Gasteiger partial charge in [-0.2, -0.15) is 0 Å². The summed E-state index contributed by atoms with van der Waals surface area (Å²) in [6.07, 6.45) is 3.11. The summed E-state index contributed by atoms with van der Waals surface area (Å²) in [4.78, 5) is 25.0. The second-order valence-electron chi connectivity index (χ2n) is 6.28. The van der Waals surface area contributed by atoms with E-state index in [1.165, 1.54) is 18.6 Å². The number of aromatic nitrogens is 2. The summed E-state index contributed by atoms with van der Waals surface area (Å²) >= 11 is 0. The third-order valence-electron chi connectivity index (χ3n) is 4.15. The van der Waals surface area contributed by atoms with E-state index in [9.17, 15) is 9.59 Å². The van der Waals surface area contributed by atoms with Gasteiger partial charge in [-0.3, -0.25) is 4.79 Å². The number of ether oxygens (including phenoxy) is 1. The van der Waals surface area contributed by atoms with Gasteiger partial charge in [0.05, 0.1) is 12.5 Å². The molecule has 0 saturated carbocycles. The topological polar surface area (TPSA) is 121 Å². The van der Waals surface area contributed by atoms with Crippen LogP contribution in [0.1, 0.15) is 22.0 Å². The highest BCUT2D eigenvalue weighted by Crippen LogP contribution is 2.18. The molecule has 9 nitrogen and oxygen atoms in total. The number of nitrogens with one attached hydrogen (secondary N) is 1. The molecule has 3 aromatic heterocycles. The van der Waals surface area contributed by atoms with Crippen molar-refractivity contribution in [3.8, 4) is 11.7 Å². The smallest absolute Gasteiger partial charge is 0.329 e. The number of nitrogens with zero attached hydrogens (tertiary/aromatic N) is 2. The first-order valence-electron chi connectivity index (χ1n) is 9.10. The van der Waals surface area contributed by atoms with Crippen molar-refractivity contribution in [3.63, 3.8) is 0 Å². The molecule has 0 bridgehead atoms. The predicted molar refractivity (Wildman–Crippen MR) is 102 cm³/mol. The minimum absolute atomic E-state index is 0.0980. The normalized spacial score (nSPS) is 11.7. The Balaban J connectivity index is 1.42. The molecular weight excluding hydrogens is 390 g/mol. The number of esters is 1. The average Bonchev–Trinajstić information content (AvgIpc) is 3.54. The standard InChI is InChI=1S/C21H17N3O6/c25-19(16-8-4-10-27-16)22-15(12-14-6-2-1-3-7-14)21(26)29-13-18-23-24-20(30-18)17-9-5-11-28-17/h1-11,15H,12-13H2,(H,22,25)/t15-/m0/s1. The first kappa shape index (κ1) is 19.2.